The van der Waals surface area contributed by atoms with Crippen LogP contribution in [0.4, 0.5) is 11.5 Å². The first-order valence-electron chi connectivity index (χ1n) is 8.39. The van der Waals surface area contributed by atoms with Crippen LogP contribution in [0.25, 0.3) is 5.69 Å². The van der Waals surface area contributed by atoms with E-state index in [9.17, 15) is 13.2 Å². The van der Waals surface area contributed by atoms with E-state index in [1.54, 1.807) is 53.2 Å². The van der Waals surface area contributed by atoms with Gasteiger partial charge >= 0.3 is 0 Å². The summed E-state index contributed by atoms with van der Waals surface area (Å²) in [6.45, 7) is 5.14. The van der Waals surface area contributed by atoms with Crippen molar-refractivity contribution in [2.75, 3.05) is 10.0 Å². The van der Waals surface area contributed by atoms with Crippen LogP contribution < -0.4 is 10.0 Å². The molecule has 0 fully saturated rings. The van der Waals surface area contributed by atoms with Crippen LogP contribution in [0.1, 0.15) is 18.2 Å². The minimum Gasteiger partial charge on any atom is -0.311 e. The van der Waals surface area contributed by atoms with Crippen LogP contribution in [-0.2, 0) is 14.8 Å². The van der Waals surface area contributed by atoms with Gasteiger partial charge in [-0.3, -0.25) is 9.52 Å². The van der Waals surface area contributed by atoms with Gasteiger partial charge in [0, 0.05) is 23.2 Å². The fourth-order valence-electron chi connectivity index (χ4n) is 2.67. The number of hydrogen-bond donors (Lipinski definition) is 2. The first-order valence-corrected chi connectivity index (χ1v) is 10.7. The van der Waals surface area contributed by atoms with Gasteiger partial charge in [-0.25, -0.2) is 13.1 Å². The third kappa shape index (κ3) is 4.42. The molecule has 0 aliphatic carbocycles. The molecule has 0 bridgehead atoms. The van der Waals surface area contributed by atoms with E-state index in [4.69, 9.17) is 0 Å². The van der Waals surface area contributed by atoms with E-state index in [0.29, 0.717) is 21.7 Å². The highest BCUT2D eigenvalue weighted by molar-refractivity contribution is 9.10. The molecule has 0 aliphatic heterocycles. The minimum atomic E-state index is -3.73. The van der Waals surface area contributed by atoms with Gasteiger partial charge in [0.2, 0.25) is 5.91 Å². The maximum atomic E-state index is 12.7. The molecule has 9 heteroatoms. The summed E-state index contributed by atoms with van der Waals surface area (Å²) in [7, 11) is -3.73. The molecule has 0 atom stereocenters. The third-order valence-electron chi connectivity index (χ3n) is 3.88. The van der Waals surface area contributed by atoms with Crippen molar-refractivity contribution in [2.45, 2.75) is 25.7 Å². The van der Waals surface area contributed by atoms with Gasteiger partial charge in [-0.05, 0) is 71.7 Å². The van der Waals surface area contributed by atoms with Gasteiger partial charge in [-0.15, -0.1) is 0 Å². The predicted molar refractivity (Wildman–Crippen MR) is 112 cm³/mol. The standard InChI is InChI=1S/C19H19BrN4O3S/c1-12-4-9-18(17(20)10-12)28(26,27)23-15-5-7-16(8-6-15)24-19(21-14(3)25)11-13(2)22-24/h4-11,23H,1-3H3,(H,21,25). The molecule has 1 heterocycles. The summed E-state index contributed by atoms with van der Waals surface area (Å²) in [5.74, 6) is 0.344. The maximum absolute atomic E-state index is 12.7. The Balaban J connectivity index is 1.86. The normalized spacial score (nSPS) is 11.3. The number of nitrogens with one attached hydrogen (secondary N) is 2. The minimum absolute atomic E-state index is 0.165. The largest absolute Gasteiger partial charge is 0.311 e. The van der Waals surface area contributed by atoms with Crippen molar-refractivity contribution in [3.63, 3.8) is 0 Å². The molecule has 7 nitrogen and oxygen atoms in total. The Kier molecular flexibility index (Phi) is 5.57. The number of aromatic nitrogens is 2. The van der Waals surface area contributed by atoms with Gasteiger partial charge < -0.3 is 5.32 Å². The number of amides is 1. The number of nitrogens with zero attached hydrogens (tertiary/aromatic N) is 2. The molecule has 1 aromatic heterocycles. The zero-order valence-corrected chi connectivity index (χ0v) is 17.9. The highest BCUT2D eigenvalue weighted by Crippen LogP contribution is 2.26. The topological polar surface area (TPSA) is 93.1 Å². The molecule has 2 N–H and O–H groups in total. The Bertz CT molecular complexity index is 1140. The fraction of sp³-hybridized carbons (Fsp3) is 0.158. The number of anilines is 2. The Morgan fingerprint density at radius 3 is 2.36 bits per heavy atom. The van der Waals surface area contributed by atoms with Gasteiger partial charge in [-0.1, -0.05) is 6.07 Å². The Morgan fingerprint density at radius 2 is 1.75 bits per heavy atom. The lowest BCUT2D eigenvalue weighted by molar-refractivity contribution is -0.114. The molecule has 28 heavy (non-hydrogen) atoms. The molecule has 0 unspecified atom stereocenters. The summed E-state index contributed by atoms with van der Waals surface area (Å²) in [4.78, 5) is 11.5. The quantitative estimate of drug-likeness (QED) is 0.598. The van der Waals surface area contributed by atoms with E-state index in [-0.39, 0.29) is 10.8 Å². The average Bonchev–Trinajstić information content (AvgIpc) is 2.94. The second kappa shape index (κ2) is 7.76. The number of carbonyl (C=O) groups excluding carboxylic acids is 1. The van der Waals surface area contributed by atoms with Gasteiger partial charge in [0.05, 0.1) is 11.4 Å². The maximum Gasteiger partial charge on any atom is 0.263 e. The molecular weight excluding hydrogens is 444 g/mol. The summed E-state index contributed by atoms with van der Waals surface area (Å²) in [6.07, 6.45) is 0. The highest BCUT2D eigenvalue weighted by Gasteiger charge is 2.18. The van der Waals surface area contributed by atoms with Gasteiger partial charge in [0.15, 0.2) is 0 Å². The van der Waals surface area contributed by atoms with Crippen LogP contribution in [0, 0.1) is 13.8 Å². The monoisotopic (exact) mass is 462 g/mol. The fourth-order valence-corrected chi connectivity index (χ4v) is 4.92. The van der Waals surface area contributed by atoms with Crippen molar-refractivity contribution in [1.29, 1.82) is 0 Å². The lowest BCUT2D eigenvalue weighted by Crippen LogP contribution is -2.14. The second-order valence-corrected chi connectivity index (χ2v) is 8.86. The number of hydrogen-bond acceptors (Lipinski definition) is 4. The van der Waals surface area contributed by atoms with Gasteiger partial charge in [0.1, 0.15) is 10.7 Å². The SMILES string of the molecule is CC(=O)Nc1cc(C)nn1-c1ccc(NS(=O)(=O)c2ccc(C)cc2Br)cc1. The Labute approximate surface area is 172 Å². The van der Waals surface area contributed by atoms with Crippen molar-refractivity contribution >= 4 is 43.4 Å². The van der Waals surface area contributed by atoms with Crippen molar-refractivity contribution in [2.24, 2.45) is 0 Å². The summed E-state index contributed by atoms with van der Waals surface area (Å²) in [5, 5.41) is 7.09. The lowest BCUT2D eigenvalue weighted by Gasteiger charge is -2.12. The van der Waals surface area contributed by atoms with Crippen molar-refractivity contribution in [3.05, 3.63) is 64.3 Å². The molecule has 3 aromatic rings. The highest BCUT2D eigenvalue weighted by atomic mass is 79.9. The molecule has 0 spiro atoms. The Hall–Kier alpha value is -2.65. The Morgan fingerprint density at radius 1 is 1.07 bits per heavy atom. The second-order valence-electron chi connectivity index (χ2n) is 6.35. The van der Waals surface area contributed by atoms with Crippen LogP contribution in [0.2, 0.25) is 0 Å². The van der Waals surface area contributed by atoms with E-state index in [0.717, 1.165) is 11.3 Å². The van der Waals surface area contributed by atoms with Gasteiger partial charge in [-0.2, -0.15) is 5.10 Å². The smallest absolute Gasteiger partial charge is 0.263 e. The summed E-state index contributed by atoms with van der Waals surface area (Å²) in [6, 6.07) is 13.5. The van der Waals surface area contributed by atoms with E-state index >= 15 is 0 Å². The summed E-state index contributed by atoms with van der Waals surface area (Å²) < 4.78 is 30.0. The third-order valence-corrected chi connectivity index (χ3v) is 6.23. The zero-order valence-electron chi connectivity index (χ0n) is 15.5. The average molecular weight is 463 g/mol. The van der Waals surface area contributed by atoms with Crippen LogP contribution in [0.5, 0.6) is 0 Å². The summed E-state index contributed by atoms with van der Waals surface area (Å²) in [5.41, 5.74) is 2.81. The molecular formula is C19H19BrN4O3S. The number of rotatable bonds is 5. The van der Waals surface area contributed by atoms with Crippen LogP contribution in [0.15, 0.2) is 57.9 Å². The van der Waals surface area contributed by atoms with E-state index in [1.807, 2.05) is 13.8 Å². The molecule has 146 valence electrons. The number of sulfonamides is 1. The first kappa shape index (κ1) is 20.1. The van der Waals surface area contributed by atoms with Gasteiger partial charge in [0.25, 0.3) is 10.0 Å². The molecule has 0 radical (unpaired) electrons. The predicted octanol–water partition coefficient (Wildman–Crippen LogP) is 4.01. The molecule has 0 saturated carbocycles. The number of carbonyl (C=O) groups is 1. The molecule has 1 amide bonds. The van der Waals surface area contributed by atoms with Crippen LogP contribution >= 0.6 is 15.9 Å². The van der Waals surface area contributed by atoms with Crippen LogP contribution in [0.3, 0.4) is 0 Å². The lowest BCUT2D eigenvalue weighted by atomic mass is 10.2. The molecule has 0 aliphatic rings. The van der Waals surface area contributed by atoms with E-state index < -0.39 is 10.0 Å². The van der Waals surface area contributed by atoms with E-state index in [1.165, 1.54) is 6.92 Å². The molecule has 0 saturated heterocycles. The summed E-state index contributed by atoms with van der Waals surface area (Å²) >= 11 is 3.30. The number of aryl methyl sites for hydroxylation is 2. The van der Waals surface area contributed by atoms with Crippen LogP contribution in [-0.4, -0.2) is 24.1 Å². The first-order chi connectivity index (χ1) is 13.2. The molecule has 3 rings (SSSR count). The molecule has 2 aromatic carbocycles. The van der Waals surface area contributed by atoms with Crippen molar-refractivity contribution in [3.8, 4) is 5.69 Å². The van der Waals surface area contributed by atoms with E-state index in [2.05, 4.69) is 31.1 Å². The zero-order chi connectivity index (χ0) is 20.5. The number of benzene rings is 2. The number of halogens is 1. The van der Waals surface area contributed by atoms with Crippen molar-refractivity contribution in [1.82, 2.24) is 9.78 Å². The van der Waals surface area contributed by atoms with Crippen molar-refractivity contribution < 1.29 is 13.2 Å².